The number of hydrogen-bond acceptors (Lipinski definition) is 14. The monoisotopic (exact) mass is 1100 g/mol. The van der Waals surface area contributed by atoms with Gasteiger partial charge < -0.3 is 75.9 Å². The SMILES string of the molecule is CC[C@H](C)[C@H](NC(=O)[C@@H](NC(=O)[C@H](CCCCN)NC(=O)[C@H](CC(C)C)NC(=O)[C@H](CC(C)C)NC(=O)CN)C(C)C)C(=O)N[C@@H](CCCCN)C(=O)N[C@H](C(=O)N[C@@H](CC(C)C)C(=O)N[C@@H](CC(C)C)C(N)=O)[C@@H](C)O. The maximum absolute atomic E-state index is 14.3. The number of aliphatic hydroxyl groups excluding tert-OH is 1. The Morgan fingerprint density at radius 2 is 0.701 bits per heavy atom. The zero-order valence-corrected chi connectivity index (χ0v) is 48.5. The lowest BCUT2D eigenvalue weighted by Gasteiger charge is -2.31. The molecule has 0 saturated carbocycles. The predicted octanol–water partition coefficient (Wildman–Crippen LogP) is -0.681. The van der Waals surface area contributed by atoms with Crippen LogP contribution in [-0.4, -0.2) is 144 Å². The van der Waals surface area contributed by atoms with Gasteiger partial charge in [0.1, 0.15) is 54.4 Å². The van der Waals surface area contributed by atoms with Gasteiger partial charge in [-0.2, -0.15) is 0 Å². The molecule has 0 spiro atoms. The van der Waals surface area contributed by atoms with Gasteiger partial charge in [0.05, 0.1) is 12.6 Å². The Balaban J connectivity index is 6.74. The number of nitrogens with one attached hydrogen (secondary N) is 9. The van der Waals surface area contributed by atoms with Crippen molar-refractivity contribution in [1.82, 2.24) is 47.9 Å². The van der Waals surface area contributed by atoms with Gasteiger partial charge in [0.15, 0.2) is 0 Å². The average Bonchev–Trinajstić information content (AvgIpc) is 3.33. The molecule has 0 aliphatic rings. The third-order valence-electron chi connectivity index (χ3n) is 12.9. The van der Waals surface area contributed by atoms with Crippen LogP contribution < -0.4 is 70.8 Å². The van der Waals surface area contributed by atoms with Crippen LogP contribution >= 0.6 is 0 Å². The second kappa shape index (κ2) is 37.4. The number of carbonyl (C=O) groups excluding carboxylic acids is 10. The molecule has 0 aliphatic heterocycles. The summed E-state index contributed by atoms with van der Waals surface area (Å²) in [4.78, 5) is 136. The van der Waals surface area contributed by atoms with E-state index in [0.29, 0.717) is 38.6 Å². The van der Waals surface area contributed by atoms with Crippen molar-refractivity contribution in [3.05, 3.63) is 0 Å². The number of aliphatic hydroxyl groups is 1. The van der Waals surface area contributed by atoms with Crippen molar-refractivity contribution >= 4 is 59.1 Å². The summed E-state index contributed by atoms with van der Waals surface area (Å²) in [7, 11) is 0. The fourth-order valence-corrected chi connectivity index (χ4v) is 8.34. The fraction of sp³-hybridized carbons (Fsp3) is 0.811. The molecule has 0 fully saturated rings. The summed E-state index contributed by atoms with van der Waals surface area (Å²) >= 11 is 0. The van der Waals surface area contributed by atoms with Crippen molar-refractivity contribution in [2.75, 3.05) is 19.6 Å². The molecule has 0 saturated heterocycles. The molecule has 0 heterocycles. The number of primary amides is 1. The largest absolute Gasteiger partial charge is 0.391 e. The van der Waals surface area contributed by atoms with Crippen LogP contribution in [-0.2, 0) is 47.9 Å². The van der Waals surface area contributed by atoms with Gasteiger partial charge in [0, 0.05) is 0 Å². The molecule has 0 unspecified atom stereocenters. The van der Waals surface area contributed by atoms with Crippen LogP contribution in [0.1, 0.15) is 161 Å². The van der Waals surface area contributed by atoms with E-state index in [1.54, 1.807) is 27.7 Å². The van der Waals surface area contributed by atoms with E-state index in [1.165, 1.54) is 6.92 Å². The lowest BCUT2D eigenvalue weighted by Crippen LogP contribution is -2.62. The number of nitrogens with two attached hydrogens (primary N) is 4. The van der Waals surface area contributed by atoms with E-state index in [2.05, 4.69) is 47.9 Å². The number of amides is 10. The quantitative estimate of drug-likeness (QED) is 0.0340. The molecule has 77 heavy (non-hydrogen) atoms. The molecule has 10 amide bonds. The Bertz CT molecular complexity index is 1880. The van der Waals surface area contributed by atoms with Crippen molar-refractivity contribution < 1.29 is 53.1 Å². The van der Waals surface area contributed by atoms with Gasteiger partial charge in [0.25, 0.3) is 0 Å². The van der Waals surface area contributed by atoms with Crippen LogP contribution in [0.25, 0.3) is 0 Å². The summed E-state index contributed by atoms with van der Waals surface area (Å²) in [5.74, 6) is -8.43. The zero-order valence-electron chi connectivity index (χ0n) is 48.5. The molecule has 0 aliphatic carbocycles. The van der Waals surface area contributed by atoms with E-state index in [9.17, 15) is 53.1 Å². The molecule has 24 nitrogen and oxygen atoms in total. The summed E-state index contributed by atoms with van der Waals surface area (Å²) in [5.41, 5.74) is 22.6. The van der Waals surface area contributed by atoms with Crippen molar-refractivity contribution in [3.63, 3.8) is 0 Å². The van der Waals surface area contributed by atoms with E-state index >= 15 is 0 Å². The molecule has 0 aromatic heterocycles. The Kier molecular flexibility index (Phi) is 34.7. The van der Waals surface area contributed by atoms with Crippen molar-refractivity contribution in [2.24, 2.45) is 58.4 Å². The van der Waals surface area contributed by atoms with Gasteiger partial charge in [-0.3, -0.25) is 47.9 Å². The molecular weight excluding hydrogens is 995 g/mol. The molecule has 0 aromatic rings. The molecule has 11 atom stereocenters. The Morgan fingerprint density at radius 1 is 0.390 bits per heavy atom. The van der Waals surface area contributed by atoms with Gasteiger partial charge in [-0.25, -0.2) is 0 Å². The summed E-state index contributed by atoms with van der Waals surface area (Å²) < 4.78 is 0. The third-order valence-corrected chi connectivity index (χ3v) is 12.9. The van der Waals surface area contributed by atoms with Crippen LogP contribution in [0.5, 0.6) is 0 Å². The van der Waals surface area contributed by atoms with E-state index in [1.807, 2.05) is 55.4 Å². The van der Waals surface area contributed by atoms with E-state index in [4.69, 9.17) is 22.9 Å². The number of hydrogen-bond donors (Lipinski definition) is 14. The lowest BCUT2D eigenvalue weighted by atomic mass is 9.95. The van der Waals surface area contributed by atoms with Crippen molar-refractivity contribution in [3.8, 4) is 0 Å². The van der Waals surface area contributed by atoms with Gasteiger partial charge in [0.2, 0.25) is 59.1 Å². The minimum Gasteiger partial charge on any atom is -0.391 e. The molecule has 444 valence electrons. The topological polar surface area (TPSA) is 403 Å². The van der Waals surface area contributed by atoms with E-state index in [0.717, 1.165) is 0 Å². The van der Waals surface area contributed by atoms with Crippen molar-refractivity contribution in [2.45, 2.75) is 221 Å². The lowest BCUT2D eigenvalue weighted by molar-refractivity contribution is -0.138. The molecular formula is C53H101N13O11. The van der Waals surface area contributed by atoms with Gasteiger partial charge in [-0.1, -0.05) is 89.5 Å². The van der Waals surface area contributed by atoms with Crippen LogP contribution in [0.2, 0.25) is 0 Å². The van der Waals surface area contributed by atoms with Crippen LogP contribution in [0.3, 0.4) is 0 Å². The van der Waals surface area contributed by atoms with Gasteiger partial charge >= 0.3 is 0 Å². The first-order chi connectivity index (χ1) is 35.9. The first-order valence-corrected chi connectivity index (χ1v) is 27.7. The number of carbonyl (C=O) groups is 10. The number of unbranched alkanes of at least 4 members (excludes halogenated alkanes) is 2. The van der Waals surface area contributed by atoms with E-state index in [-0.39, 0.29) is 75.3 Å². The highest BCUT2D eigenvalue weighted by Gasteiger charge is 2.38. The Hall–Kier alpha value is -5.46. The van der Waals surface area contributed by atoms with Gasteiger partial charge in [-0.15, -0.1) is 0 Å². The summed E-state index contributed by atoms with van der Waals surface area (Å²) in [6.07, 6.45) is 1.67. The fourth-order valence-electron chi connectivity index (χ4n) is 8.34. The summed E-state index contributed by atoms with van der Waals surface area (Å²) in [6.45, 7) is 23.2. The van der Waals surface area contributed by atoms with Crippen molar-refractivity contribution in [1.29, 1.82) is 0 Å². The maximum Gasteiger partial charge on any atom is 0.245 e. The molecule has 0 aromatic carbocycles. The second-order valence-electron chi connectivity index (χ2n) is 22.4. The van der Waals surface area contributed by atoms with Crippen LogP contribution in [0.4, 0.5) is 0 Å². The van der Waals surface area contributed by atoms with Crippen LogP contribution in [0, 0.1) is 35.5 Å². The first-order valence-electron chi connectivity index (χ1n) is 27.7. The minimum atomic E-state index is -1.61. The zero-order chi connectivity index (χ0) is 59.3. The normalized spacial score (nSPS) is 15.9. The molecule has 0 radical (unpaired) electrons. The third kappa shape index (κ3) is 28.1. The maximum atomic E-state index is 14.3. The van der Waals surface area contributed by atoms with Gasteiger partial charge in [-0.05, 0) is 120 Å². The summed E-state index contributed by atoms with van der Waals surface area (Å²) in [5, 5.41) is 35.0. The molecule has 0 rings (SSSR count). The smallest absolute Gasteiger partial charge is 0.245 e. The minimum absolute atomic E-state index is 0.00279. The highest BCUT2D eigenvalue weighted by molar-refractivity contribution is 5.98. The average molecular weight is 1100 g/mol. The predicted molar refractivity (Wildman–Crippen MR) is 295 cm³/mol. The first kappa shape index (κ1) is 71.5. The summed E-state index contributed by atoms with van der Waals surface area (Å²) in [6, 6.07) is -10.9. The number of rotatable bonds is 39. The van der Waals surface area contributed by atoms with E-state index < -0.39 is 131 Å². The molecule has 24 heteroatoms. The van der Waals surface area contributed by atoms with Crippen LogP contribution in [0.15, 0.2) is 0 Å². The highest BCUT2D eigenvalue weighted by Crippen LogP contribution is 2.16. The standard InChI is InChI=1S/C53H101N13O11/c1-14-33(12)43(52(76)60-36(20-16-18-22-55)47(71)66-44(34(13)67)53(77)63-40(26-31(8)9)50(74)61-37(45(57)69)23-28(2)3)65-51(75)42(32(10)11)64-46(70)35(19-15-17-21-54)59-49(73)39(25-30(6)7)62-48(72)38(24-29(4)5)58-41(68)27-56/h28-40,42-44,67H,14-27,54-56H2,1-13H3,(H2,57,69)(H,58,68)(H,59,73)(H,60,76)(H,61,74)(H,62,72)(H,63,77)(H,64,70)(H,65,75)(H,66,71)/t33-,34+,35-,36-,37-,38-,39-,40-,42-,43-,44-/m0/s1. The Labute approximate surface area is 457 Å². The second-order valence-corrected chi connectivity index (χ2v) is 22.4. The Morgan fingerprint density at radius 3 is 1.06 bits per heavy atom. The molecule has 18 N–H and O–H groups in total. The highest BCUT2D eigenvalue weighted by atomic mass is 16.3. The molecule has 0 bridgehead atoms.